The van der Waals surface area contributed by atoms with Crippen LogP contribution in [0.4, 0.5) is 17.1 Å². The molecule has 0 fully saturated rings. The van der Waals surface area contributed by atoms with Crippen LogP contribution in [-0.4, -0.2) is 0 Å². The molecular formula is C65H75N. The minimum atomic E-state index is -0.145. The molecule has 66 heavy (non-hydrogen) atoms. The van der Waals surface area contributed by atoms with Crippen molar-refractivity contribution in [3.63, 3.8) is 0 Å². The Morgan fingerprint density at radius 3 is 1.30 bits per heavy atom. The maximum atomic E-state index is 2.55. The molecule has 7 aromatic carbocycles. The van der Waals surface area contributed by atoms with E-state index >= 15 is 0 Å². The van der Waals surface area contributed by atoms with E-state index in [4.69, 9.17) is 0 Å². The van der Waals surface area contributed by atoms with Gasteiger partial charge >= 0.3 is 0 Å². The summed E-state index contributed by atoms with van der Waals surface area (Å²) in [6.45, 7) is 39.8. The average molecular weight is 870 g/mol. The summed E-state index contributed by atoms with van der Waals surface area (Å²) < 4.78 is 0. The predicted octanol–water partition coefficient (Wildman–Crippen LogP) is 19.0. The van der Waals surface area contributed by atoms with Crippen LogP contribution in [0.25, 0.3) is 44.5 Å². The van der Waals surface area contributed by atoms with Gasteiger partial charge in [-0.1, -0.05) is 227 Å². The molecule has 1 aliphatic rings. The molecule has 0 aromatic heterocycles. The summed E-state index contributed by atoms with van der Waals surface area (Å²) in [5.41, 5.74) is 22.7. The molecule has 0 radical (unpaired) electrons. The molecule has 0 amide bonds. The van der Waals surface area contributed by atoms with Crippen LogP contribution in [0.1, 0.15) is 157 Å². The van der Waals surface area contributed by atoms with Gasteiger partial charge in [0.05, 0.1) is 5.69 Å². The summed E-state index contributed by atoms with van der Waals surface area (Å²) in [5, 5.41) is 0. The van der Waals surface area contributed by atoms with Gasteiger partial charge in [-0.3, -0.25) is 0 Å². The van der Waals surface area contributed by atoms with Crippen LogP contribution >= 0.6 is 0 Å². The summed E-state index contributed by atoms with van der Waals surface area (Å²) in [5.74, 6) is 0. The van der Waals surface area contributed by atoms with Crippen LogP contribution in [0.5, 0.6) is 0 Å². The predicted molar refractivity (Wildman–Crippen MR) is 288 cm³/mol. The van der Waals surface area contributed by atoms with Gasteiger partial charge in [0.1, 0.15) is 0 Å². The molecule has 8 rings (SSSR count). The number of fused-ring (bicyclic) bond motifs is 3. The van der Waals surface area contributed by atoms with Gasteiger partial charge in [-0.25, -0.2) is 0 Å². The number of nitrogens with zero attached hydrogens (tertiary/aromatic N) is 1. The Morgan fingerprint density at radius 1 is 0.303 bits per heavy atom. The first-order valence-corrected chi connectivity index (χ1v) is 24.3. The van der Waals surface area contributed by atoms with Crippen LogP contribution in [0.15, 0.2) is 146 Å². The summed E-state index contributed by atoms with van der Waals surface area (Å²) in [6.07, 6.45) is 0. The molecule has 0 atom stereocenters. The zero-order valence-electron chi connectivity index (χ0n) is 43.3. The maximum absolute atomic E-state index is 2.55. The second-order valence-electron chi connectivity index (χ2n) is 25.0. The average Bonchev–Trinajstić information content (AvgIpc) is 3.47. The smallest absolute Gasteiger partial charge is 0.0540 e. The first kappa shape index (κ1) is 46.9. The standard InChI is InChI=1S/C65H75N/c1-60(2,3)47-24-22-23-42(32-47)54-25-19-21-28-59(54)66(52-29-30-56-55-26-18-20-27-57(55)65(16,17)58(56)41-52)53-38-46(37-51(40-53)64(13,14)15)44-31-43(33-48(34-44)61(4,5)6)45-35-49(62(7,8)9)39-50(36-45)63(10,11)12/h18-41H,1-17H3. The van der Waals surface area contributed by atoms with Crippen molar-refractivity contribution in [1.29, 1.82) is 0 Å². The normalized spacial score (nSPS) is 14.0. The van der Waals surface area contributed by atoms with Gasteiger partial charge in [0, 0.05) is 22.4 Å². The highest BCUT2D eigenvalue weighted by Crippen LogP contribution is 2.52. The number of anilines is 3. The van der Waals surface area contributed by atoms with E-state index in [1.165, 1.54) is 83.5 Å². The Bertz CT molecular complexity index is 2920. The van der Waals surface area contributed by atoms with E-state index in [0.29, 0.717) is 0 Å². The molecule has 0 saturated heterocycles. The Labute approximate surface area is 399 Å². The number of hydrogen-bond donors (Lipinski definition) is 0. The lowest BCUT2D eigenvalue weighted by Crippen LogP contribution is -2.18. The molecule has 1 aliphatic carbocycles. The van der Waals surface area contributed by atoms with E-state index in [-0.39, 0.29) is 32.5 Å². The lowest BCUT2D eigenvalue weighted by molar-refractivity contribution is 0.569. The molecule has 1 nitrogen and oxygen atoms in total. The number of rotatable bonds is 6. The molecule has 0 spiro atoms. The SMILES string of the molecule is CC(C)(C)c1cc(-c2cc(N(c3ccc4c(c3)C(C)(C)c3ccccc3-4)c3ccccc3-c3cccc(C(C)(C)C)c3)cc(C(C)(C)C)c2)cc(-c2cc(C(C)(C)C)cc(C(C)(C)C)c2)c1. The molecule has 0 aliphatic heterocycles. The summed E-state index contributed by atoms with van der Waals surface area (Å²) in [4.78, 5) is 2.55. The molecule has 0 heterocycles. The third-order valence-corrected chi connectivity index (χ3v) is 14.2. The molecular weight excluding hydrogens is 795 g/mol. The highest BCUT2D eigenvalue weighted by molar-refractivity contribution is 5.92. The molecule has 0 bridgehead atoms. The lowest BCUT2D eigenvalue weighted by Gasteiger charge is -2.32. The Balaban J connectivity index is 1.42. The largest absolute Gasteiger partial charge is 0.310 e. The third kappa shape index (κ3) is 9.08. The third-order valence-electron chi connectivity index (χ3n) is 14.2. The van der Waals surface area contributed by atoms with Gasteiger partial charge < -0.3 is 4.90 Å². The lowest BCUT2D eigenvalue weighted by atomic mass is 9.78. The molecule has 0 unspecified atom stereocenters. The number of hydrogen-bond acceptors (Lipinski definition) is 1. The van der Waals surface area contributed by atoms with Crippen molar-refractivity contribution < 1.29 is 0 Å². The molecule has 1 heteroatoms. The van der Waals surface area contributed by atoms with E-state index < -0.39 is 0 Å². The fourth-order valence-corrected chi connectivity index (χ4v) is 9.72. The van der Waals surface area contributed by atoms with Gasteiger partial charge in [0.2, 0.25) is 0 Å². The fraction of sp³-hybridized carbons (Fsp3) is 0.354. The Hall–Kier alpha value is -5.66. The van der Waals surface area contributed by atoms with E-state index in [2.05, 4.69) is 268 Å². The van der Waals surface area contributed by atoms with E-state index in [1.54, 1.807) is 0 Å². The Kier molecular flexibility index (Phi) is 11.6. The second kappa shape index (κ2) is 16.3. The molecule has 0 saturated carbocycles. The van der Waals surface area contributed by atoms with E-state index in [1.807, 2.05) is 0 Å². The van der Waals surface area contributed by atoms with Crippen LogP contribution in [0.2, 0.25) is 0 Å². The quantitative estimate of drug-likeness (QED) is 0.161. The fourth-order valence-electron chi connectivity index (χ4n) is 9.72. The molecule has 340 valence electrons. The van der Waals surface area contributed by atoms with Crippen molar-refractivity contribution in [1.82, 2.24) is 0 Å². The summed E-state index contributed by atoms with van der Waals surface area (Å²) >= 11 is 0. The Morgan fingerprint density at radius 2 is 0.742 bits per heavy atom. The minimum Gasteiger partial charge on any atom is -0.310 e. The van der Waals surface area contributed by atoms with Crippen LogP contribution < -0.4 is 4.90 Å². The van der Waals surface area contributed by atoms with Gasteiger partial charge in [-0.15, -0.1) is 0 Å². The van der Waals surface area contributed by atoms with E-state index in [9.17, 15) is 0 Å². The number of para-hydroxylation sites is 1. The highest BCUT2D eigenvalue weighted by atomic mass is 15.1. The topological polar surface area (TPSA) is 3.24 Å². The van der Waals surface area contributed by atoms with Crippen molar-refractivity contribution >= 4 is 17.1 Å². The number of benzene rings is 7. The second-order valence-corrected chi connectivity index (χ2v) is 25.0. The molecule has 0 N–H and O–H groups in total. The van der Waals surface area contributed by atoms with Crippen molar-refractivity contribution in [2.75, 3.05) is 4.90 Å². The van der Waals surface area contributed by atoms with Gasteiger partial charge in [0.25, 0.3) is 0 Å². The van der Waals surface area contributed by atoms with Crippen molar-refractivity contribution in [3.05, 3.63) is 185 Å². The van der Waals surface area contributed by atoms with Crippen LogP contribution in [0.3, 0.4) is 0 Å². The maximum Gasteiger partial charge on any atom is 0.0540 e. The van der Waals surface area contributed by atoms with Gasteiger partial charge in [-0.2, -0.15) is 0 Å². The summed E-state index contributed by atoms with van der Waals surface area (Å²) in [7, 11) is 0. The first-order chi connectivity index (χ1) is 30.6. The minimum absolute atomic E-state index is 0.0137. The van der Waals surface area contributed by atoms with Crippen LogP contribution in [-0.2, 0) is 32.5 Å². The monoisotopic (exact) mass is 870 g/mol. The van der Waals surface area contributed by atoms with Crippen molar-refractivity contribution in [2.45, 2.75) is 150 Å². The van der Waals surface area contributed by atoms with Crippen molar-refractivity contribution in [3.8, 4) is 44.5 Å². The van der Waals surface area contributed by atoms with Gasteiger partial charge in [-0.05, 0) is 141 Å². The summed E-state index contributed by atoms with van der Waals surface area (Å²) in [6, 6.07) is 56.4. The first-order valence-electron chi connectivity index (χ1n) is 24.3. The zero-order valence-corrected chi connectivity index (χ0v) is 43.3. The van der Waals surface area contributed by atoms with Gasteiger partial charge in [0.15, 0.2) is 0 Å². The van der Waals surface area contributed by atoms with Crippen molar-refractivity contribution in [2.24, 2.45) is 0 Å². The van der Waals surface area contributed by atoms with E-state index in [0.717, 1.165) is 17.1 Å². The van der Waals surface area contributed by atoms with Crippen LogP contribution in [0, 0.1) is 0 Å². The molecule has 7 aromatic rings. The zero-order chi connectivity index (χ0) is 47.9. The highest BCUT2D eigenvalue weighted by Gasteiger charge is 2.36.